The van der Waals surface area contributed by atoms with Crippen molar-refractivity contribution in [3.63, 3.8) is 0 Å². The van der Waals surface area contributed by atoms with Gasteiger partial charge in [-0.1, -0.05) is 12.1 Å². The number of methoxy groups -OCH3 is 1. The zero-order valence-electron chi connectivity index (χ0n) is 16.4. The van der Waals surface area contributed by atoms with Gasteiger partial charge >= 0.3 is 11.9 Å². The Bertz CT molecular complexity index is 779. The Kier molecular flexibility index (Phi) is 7.80. The summed E-state index contributed by atoms with van der Waals surface area (Å²) in [5.41, 5.74) is 1.57. The van der Waals surface area contributed by atoms with Crippen LogP contribution in [0, 0.1) is 0 Å². The second-order valence-electron chi connectivity index (χ2n) is 6.01. The monoisotopic (exact) mass is 387 g/mol. The largest absolute Gasteiger partial charge is 0.497 e. The molecule has 0 aromatic heterocycles. The van der Waals surface area contributed by atoms with E-state index in [0.29, 0.717) is 17.7 Å². The Morgan fingerprint density at radius 2 is 1.75 bits per heavy atom. The van der Waals surface area contributed by atoms with Crippen molar-refractivity contribution in [1.82, 2.24) is 4.90 Å². The highest BCUT2D eigenvalue weighted by Crippen LogP contribution is 2.28. The van der Waals surface area contributed by atoms with Crippen LogP contribution in [-0.4, -0.2) is 43.1 Å². The number of esters is 2. The van der Waals surface area contributed by atoms with Crippen LogP contribution in [-0.2, 0) is 30.4 Å². The van der Waals surface area contributed by atoms with E-state index in [0.717, 1.165) is 5.56 Å². The molecule has 0 N–H and O–H groups in total. The lowest BCUT2D eigenvalue weighted by atomic mass is 9.99. The molecule has 7 heteroatoms. The summed E-state index contributed by atoms with van der Waals surface area (Å²) in [5, 5.41) is 0. The molecule has 150 valence electrons. The summed E-state index contributed by atoms with van der Waals surface area (Å²) in [6.07, 6.45) is 3.38. The molecular weight excluding hydrogens is 362 g/mol. The third-order valence-electron chi connectivity index (χ3n) is 4.16. The van der Waals surface area contributed by atoms with Gasteiger partial charge < -0.3 is 19.1 Å². The summed E-state index contributed by atoms with van der Waals surface area (Å²) in [6.45, 7) is 4.07. The van der Waals surface area contributed by atoms with Crippen LogP contribution in [0.2, 0.25) is 0 Å². The van der Waals surface area contributed by atoms with Crippen LogP contribution < -0.4 is 4.74 Å². The van der Waals surface area contributed by atoms with Gasteiger partial charge in [0.1, 0.15) is 11.4 Å². The standard InChI is InChI=1S/C21H25NO6/c1-4-27-19(24)13-9-16-8-12-18(23)22(20(16)21(25)28-5-2)14-15-6-10-17(26-3)11-7-15/h6-7,9-11,13H,4-5,8,12,14H2,1-3H3/b13-9+. The molecule has 0 saturated carbocycles. The zero-order chi connectivity index (χ0) is 20.5. The molecule has 0 atom stereocenters. The lowest BCUT2D eigenvalue weighted by molar-refractivity contribution is -0.145. The van der Waals surface area contributed by atoms with E-state index in [1.54, 1.807) is 33.1 Å². The predicted molar refractivity (Wildman–Crippen MR) is 102 cm³/mol. The minimum Gasteiger partial charge on any atom is -0.497 e. The molecule has 1 aliphatic rings. The van der Waals surface area contributed by atoms with Gasteiger partial charge in [-0.25, -0.2) is 9.59 Å². The van der Waals surface area contributed by atoms with Crippen molar-refractivity contribution in [3.05, 3.63) is 53.3 Å². The Labute approximate surface area is 164 Å². The summed E-state index contributed by atoms with van der Waals surface area (Å²) in [6, 6.07) is 7.24. The molecule has 0 bridgehead atoms. The molecule has 1 aromatic rings. The normalized spacial score (nSPS) is 14.4. The lowest BCUT2D eigenvalue weighted by Gasteiger charge is -2.30. The first-order valence-electron chi connectivity index (χ1n) is 9.18. The van der Waals surface area contributed by atoms with E-state index in [2.05, 4.69) is 0 Å². The van der Waals surface area contributed by atoms with Crippen molar-refractivity contribution in [2.45, 2.75) is 33.2 Å². The van der Waals surface area contributed by atoms with E-state index in [4.69, 9.17) is 14.2 Å². The topological polar surface area (TPSA) is 82.1 Å². The highest BCUT2D eigenvalue weighted by molar-refractivity contribution is 5.97. The third kappa shape index (κ3) is 5.45. The van der Waals surface area contributed by atoms with Crippen LogP contribution in [0.25, 0.3) is 0 Å². The van der Waals surface area contributed by atoms with E-state index in [1.807, 2.05) is 12.1 Å². The van der Waals surface area contributed by atoms with Crippen molar-refractivity contribution in [2.24, 2.45) is 0 Å². The average Bonchev–Trinajstić information content (AvgIpc) is 2.69. The maximum absolute atomic E-state index is 12.6. The first-order chi connectivity index (χ1) is 13.5. The van der Waals surface area contributed by atoms with E-state index < -0.39 is 11.9 Å². The molecule has 1 aromatic carbocycles. The quantitative estimate of drug-likeness (QED) is 0.504. The van der Waals surface area contributed by atoms with Crippen LogP contribution >= 0.6 is 0 Å². The molecule has 28 heavy (non-hydrogen) atoms. The van der Waals surface area contributed by atoms with Gasteiger partial charge in [-0.15, -0.1) is 0 Å². The Hall–Kier alpha value is -3.09. The molecule has 2 rings (SSSR count). The van der Waals surface area contributed by atoms with Gasteiger partial charge in [-0.2, -0.15) is 0 Å². The minimum absolute atomic E-state index is 0.162. The maximum atomic E-state index is 12.6. The van der Waals surface area contributed by atoms with Gasteiger partial charge in [0.15, 0.2) is 0 Å². The Balaban J connectivity index is 2.37. The number of nitrogens with zero attached hydrogens (tertiary/aromatic N) is 1. The molecule has 0 fully saturated rings. The molecule has 7 nitrogen and oxygen atoms in total. The molecule has 1 aliphatic heterocycles. The predicted octanol–water partition coefficient (Wildman–Crippen LogP) is 2.75. The van der Waals surface area contributed by atoms with Crippen molar-refractivity contribution in [1.29, 1.82) is 0 Å². The molecule has 0 saturated heterocycles. The van der Waals surface area contributed by atoms with E-state index in [1.165, 1.54) is 17.1 Å². The van der Waals surface area contributed by atoms with E-state index >= 15 is 0 Å². The van der Waals surface area contributed by atoms with E-state index in [-0.39, 0.29) is 37.8 Å². The van der Waals surface area contributed by atoms with Gasteiger partial charge in [0.25, 0.3) is 0 Å². The summed E-state index contributed by atoms with van der Waals surface area (Å²) in [5.74, 6) is -0.565. The SMILES string of the molecule is CCOC(=O)/C=C/C1=C(C(=O)OCC)N(Cc2ccc(OC)cc2)C(=O)CC1. The fraction of sp³-hybridized carbons (Fsp3) is 0.381. The fourth-order valence-electron chi connectivity index (χ4n) is 2.84. The highest BCUT2D eigenvalue weighted by Gasteiger charge is 2.31. The average molecular weight is 387 g/mol. The maximum Gasteiger partial charge on any atom is 0.355 e. The molecular formula is C21H25NO6. The van der Waals surface area contributed by atoms with Crippen molar-refractivity contribution >= 4 is 17.8 Å². The molecule has 0 unspecified atom stereocenters. The summed E-state index contributed by atoms with van der Waals surface area (Å²) in [4.78, 5) is 38.2. The molecule has 1 amide bonds. The number of hydrogen-bond donors (Lipinski definition) is 0. The number of hydrogen-bond acceptors (Lipinski definition) is 6. The number of ether oxygens (including phenoxy) is 3. The van der Waals surface area contributed by atoms with Crippen LogP contribution in [0.5, 0.6) is 5.75 Å². The van der Waals surface area contributed by atoms with Gasteiger partial charge in [0.05, 0.1) is 26.9 Å². The molecule has 0 aliphatic carbocycles. The fourth-order valence-corrected chi connectivity index (χ4v) is 2.84. The van der Waals surface area contributed by atoms with Gasteiger partial charge in [0, 0.05) is 12.5 Å². The first kappa shape index (κ1) is 21.2. The number of carbonyl (C=O) groups is 3. The lowest BCUT2D eigenvalue weighted by Crippen LogP contribution is -2.37. The second-order valence-corrected chi connectivity index (χ2v) is 6.01. The first-order valence-corrected chi connectivity index (χ1v) is 9.18. The Morgan fingerprint density at radius 3 is 2.36 bits per heavy atom. The van der Waals surface area contributed by atoms with Crippen molar-refractivity contribution in [3.8, 4) is 5.75 Å². The van der Waals surface area contributed by atoms with Gasteiger partial charge in [0.2, 0.25) is 5.91 Å². The van der Waals surface area contributed by atoms with Crippen LogP contribution in [0.1, 0.15) is 32.3 Å². The number of allylic oxidation sites excluding steroid dienone is 2. The second kappa shape index (κ2) is 10.3. The number of rotatable bonds is 8. The summed E-state index contributed by atoms with van der Waals surface area (Å²) >= 11 is 0. The smallest absolute Gasteiger partial charge is 0.355 e. The molecule has 0 spiro atoms. The van der Waals surface area contributed by atoms with Crippen molar-refractivity contribution < 1.29 is 28.6 Å². The van der Waals surface area contributed by atoms with Gasteiger partial charge in [-0.05, 0) is 49.6 Å². The Morgan fingerprint density at radius 1 is 1.07 bits per heavy atom. The number of carbonyl (C=O) groups excluding carboxylic acids is 3. The number of benzene rings is 1. The summed E-state index contributed by atoms with van der Waals surface area (Å²) in [7, 11) is 1.58. The molecule has 1 heterocycles. The summed E-state index contributed by atoms with van der Waals surface area (Å²) < 4.78 is 15.2. The number of amides is 1. The van der Waals surface area contributed by atoms with Crippen molar-refractivity contribution in [2.75, 3.05) is 20.3 Å². The van der Waals surface area contributed by atoms with Crippen LogP contribution in [0.3, 0.4) is 0 Å². The third-order valence-corrected chi connectivity index (χ3v) is 4.16. The minimum atomic E-state index is -0.590. The zero-order valence-corrected chi connectivity index (χ0v) is 16.4. The molecule has 0 radical (unpaired) electrons. The van der Waals surface area contributed by atoms with E-state index in [9.17, 15) is 14.4 Å². The van der Waals surface area contributed by atoms with Crippen LogP contribution in [0.15, 0.2) is 47.7 Å². The van der Waals surface area contributed by atoms with Crippen LogP contribution in [0.4, 0.5) is 0 Å². The highest BCUT2D eigenvalue weighted by atomic mass is 16.5. The van der Waals surface area contributed by atoms with Gasteiger partial charge in [-0.3, -0.25) is 4.79 Å².